The van der Waals surface area contributed by atoms with E-state index in [1.54, 1.807) is 18.3 Å². The predicted octanol–water partition coefficient (Wildman–Crippen LogP) is 3.88. The molecule has 0 amide bonds. The van der Waals surface area contributed by atoms with Crippen molar-refractivity contribution < 1.29 is 0 Å². The zero-order valence-corrected chi connectivity index (χ0v) is 14.2. The number of nitrogens with one attached hydrogen (secondary N) is 1. The molecule has 0 radical (unpaired) electrons. The summed E-state index contributed by atoms with van der Waals surface area (Å²) in [5.74, 6) is 0.535. The molecule has 0 unspecified atom stereocenters. The van der Waals surface area contributed by atoms with Crippen molar-refractivity contribution in [2.45, 2.75) is 20.3 Å². The highest BCUT2D eigenvalue weighted by atomic mass is 15.1. The third-order valence-corrected chi connectivity index (χ3v) is 4.06. The lowest BCUT2D eigenvalue weighted by atomic mass is 9.98. The number of benzene rings is 2. The molecule has 2 aromatic carbocycles. The molecule has 0 fully saturated rings. The highest BCUT2D eigenvalue weighted by Crippen LogP contribution is 2.21. The van der Waals surface area contributed by atoms with Gasteiger partial charge in [0.2, 0.25) is 5.95 Å². The zero-order valence-electron chi connectivity index (χ0n) is 14.2. The Kier molecular flexibility index (Phi) is 4.62. The summed E-state index contributed by atoms with van der Waals surface area (Å²) in [5.41, 5.74) is 12.6. The Bertz CT molecular complexity index is 916. The van der Waals surface area contributed by atoms with E-state index in [1.165, 1.54) is 5.56 Å². The van der Waals surface area contributed by atoms with Crippen molar-refractivity contribution in [3.05, 3.63) is 76.6 Å². The second-order valence-corrected chi connectivity index (χ2v) is 6.00. The van der Waals surface area contributed by atoms with Crippen LogP contribution in [0.1, 0.15) is 27.9 Å². The fraction of sp³-hybridized carbons (Fsp3) is 0.150. The quantitative estimate of drug-likeness (QED) is 0.709. The summed E-state index contributed by atoms with van der Waals surface area (Å²) in [6.45, 7) is 4.13. The molecule has 1 aromatic heterocycles. The van der Waals surface area contributed by atoms with E-state index in [-0.39, 0.29) is 0 Å². The van der Waals surface area contributed by atoms with Crippen molar-refractivity contribution in [3.63, 3.8) is 0 Å². The maximum absolute atomic E-state index is 8.85. The van der Waals surface area contributed by atoms with E-state index < -0.39 is 0 Å². The molecule has 0 aliphatic heterocycles. The van der Waals surface area contributed by atoms with Gasteiger partial charge in [0.25, 0.3) is 0 Å². The van der Waals surface area contributed by atoms with E-state index in [4.69, 9.17) is 11.0 Å². The molecular weight excluding hydrogens is 310 g/mol. The SMILES string of the molecule is Cc1cc(N)cc(C)c1Cc1ccnc(Nc2ccc(C#N)cc2)n1. The minimum Gasteiger partial charge on any atom is -0.399 e. The van der Waals surface area contributed by atoms with Gasteiger partial charge in [-0.1, -0.05) is 0 Å². The third kappa shape index (κ3) is 3.93. The van der Waals surface area contributed by atoms with Crippen molar-refractivity contribution >= 4 is 17.3 Å². The average molecular weight is 329 g/mol. The second kappa shape index (κ2) is 7.02. The lowest BCUT2D eigenvalue weighted by Crippen LogP contribution is -2.03. The number of anilines is 3. The van der Waals surface area contributed by atoms with Crippen LogP contribution >= 0.6 is 0 Å². The van der Waals surface area contributed by atoms with Gasteiger partial charge in [-0.15, -0.1) is 0 Å². The Labute approximate surface area is 147 Å². The van der Waals surface area contributed by atoms with Crippen molar-refractivity contribution in [2.24, 2.45) is 0 Å². The van der Waals surface area contributed by atoms with Crippen LogP contribution in [-0.2, 0) is 6.42 Å². The fourth-order valence-corrected chi connectivity index (χ4v) is 2.80. The van der Waals surface area contributed by atoms with Crippen LogP contribution in [0.25, 0.3) is 0 Å². The van der Waals surface area contributed by atoms with Crippen LogP contribution in [0.5, 0.6) is 0 Å². The average Bonchev–Trinajstić information content (AvgIpc) is 2.59. The van der Waals surface area contributed by atoms with E-state index in [2.05, 4.69) is 35.2 Å². The number of hydrogen-bond acceptors (Lipinski definition) is 5. The lowest BCUT2D eigenvalue weighted by molar-refractivity contribution is 1.01. The first-order valence-corrected chi connectivity index (χ1v) is 8.00. The Morgan fingerprint density at radius 1 is 1.08 bits per heavy atom. The van der Waals surface area contributed by atoms with E-state index in [9.17, 15) is 0 Å². The summed E-state index contributed by atoms with van der Waals surface area (Å²) in [6.07, 6.45) is 2.47. The molecule has 3 N–H and O–H groups in total. The number of nitrogens with zero attached hydrogens (tertiary/aromatic N) is 3. The van der Waals surface area contributed by atoms with Gasteiger partial charge in [0.15, 0.2) is 0 Å². The van der Waals surface area contributed by atoms with Crippen LogP contribution < -0.4 is 11.1 Å². The Balaban J connectivity index is 1.81. The molecule has 0 aliphatic carbocycles. The summed E-state index contributed by atoms with van der Waals surface area (Å²) in [4.78, 5) is 8.86. The summed E-state index contributed by atoms with van der Waals surface area (Å²) in [5, 5.41) is 12.0. The molecule has 0 saturated heterocycles. The molecule has 25 heavy (non-hydrogen) atoms. The topological polar surface area (TPSA) is 87.6 Å². The number of rotatable bonds is 4. The van der Waals surface area contributed by atoms with Gasteiger partial charge in [0.1, 0.15) is 0 Å². The highest BCUT2D eigenvalue weighted by Gasteiger charge is 2.08. The van der Waals surface area contributed by atoms with Crippen LogP contribution in [0.15, 0.2) is 48.7 Å². The Hall–Kier alpha value is -3.39. The van der Waals surface area contributed by atoms with E-state index in [0.717, 1.165) is 34.6 Å². The van der Waals surface area contributed by atoms with E-state index in [1.807, 2.05) is 30.3 Å². The minimum atomic E-state index is 0.535. The standard InChI is InChI=1S/C20H19N5/c1-13-9-16(22)10-14(2)19(13)11-18-7-8-23-20(25-18)24-17-5-3-15(12-21)4-6-17/h3-10H,11,22H2,1-2H3,(H,23,24,25). The number of nitrogen functional groups attached to an aromatic ring is 1. The summed E-state index contributed by atoms with van der Waals surface area (Å²) < 4.78 is 0. The number of nitriles is 1. The van der Waals surface area contributed by atoms with Gasteiger partial charge in [-0.3, -0.25) is 0 Å². The molecule has 124 valence electrons. The van der Waals surface area contributed by atoms with Crippen molar-refractivity contribution in [1.82, 2.24) is 9.97 Å². The number of hydrogen-bond donors (Lipinski definition) is 2. The number of aryl methyl sites for hydroxylation is 2. The van der Waals surface area contributed by atoms with Crippen LogP contribution in [-0.4, -0.2) is 9.97 Å². The summed E-state index contributed by atoms with van der Waals surface area (Å²) in [6, 6.07) is 15.2. The van der Waals surface area contributed by atoms with Gasteiger partial charge in [0, 0.05) is 24.0 Å². The first kappa shape index (κ1) is 16.5. The monoisotopic (exact) mass is 329 g/mol. The summed E-state index contributed by atoms with van der Waals surface area (Å²) >= 11 is 0. The molecule has 5 nitrogen and oxygen atoms in total. The molecular formula is C20H19N5. The van der Waals surface area contributed by atoms with Crippen LogP contribution in [0.2, 0.25) is 0 Å². The number of nitrogens with two attached hydrogens (primary N) is 1. The minimum absolute atomic E-state index is 0.535. The first-order valence-electron chi connectivity index (χ1n) is 8.00. The highest BCUT2D eigenvalue weighted by molar-refractivity contribution is 5.55. The number of aromatic nitrogens is 2. The van der Waals surface area contributed by atoms with Crippen molar-refractivity contribution in [1.29, 1.82) is 5.26 Å². The maximum atomic E-state index is 8.85. The second-order valence-electron chi connectivity index (χ2n) is 6.00. The normalized spacial score (nSPS) is 10.3. The van der Waals surface area contributed by atoms with Crippen molar-refractivity contribution in [3.8, 4) is 6.07 Å². The zero-order chi connectivity index (χ0) is 17.8. The van der Waals surface area contributed by atoms with Crippen LogP contribution in [0, 0.1) is 25.2 Å². The van der Waals surface area contributed by atoms with Crippen LogP contribution in [0.3, 0.4) is 0 Å². The lowest BCUT2D eigenvalue weighted by Gasteiger charge is -2.12. The largest absolute Gasteiger partial charge is 0.399 e. The molecule has 0 aliphatic rings. The van der Waals surface area contributed by atoms with Gasteiger partial charge in [-0.05, 0) is 73.0 Å². The smallest absolute Gasteiger partial charge is 0.227 e. The fourth-order valence-electron chi connectivity index (χ4n) is 2.80. The van der Waals surface area contributed by atoms with Gasteiger partial charge in [-0.25, -0.2) is 9.97 Å². The molecule has 1 heterocycles. The van der Waals surface area contributed by atoms with Gasteiger partial charge in [0.05, 0.1) is 17.3 Å². The Morgan fingerprint density at radius 2 is 1.76 bits per heavy atom. The van der Waals surface area contributed by atoms with Crippen LogP contribution in [0.4, 0.5) is 17.3 Å². The molecule has 5 heteroatoms. The molecule has 0 bridgehead atoms. The predicted molar refractivity (Wildman–Crippen MR) is 99.6 cm³/mol. The third-order valence-electron chi connectivity index (χ3n) is 4.06. The van der Waals surface area contributed by atoms with Gasteiger partial charge >= 0.3 is 0 Å². The van der Waals surface area contributed by atoms with E-state index >= 15 is 0 Å². The van der Waals surface area contributed by atoms with E-state index in [0.29, 0.717) is 11.5 Å². The first-order chi connectivity index (χ1) is 12.0. The van der Waals surface area contributed by atoms with Crippen molar-refractivity contribution in [2.75, 3.05) is 11.1 Å². The molecule has 0 saturated carbocycles. The molecule has 3 aromatic rings. The molecule has 3 rings (SSSR count). The Morgan fingerprint density at radius 3 is 2.40 bits per heavy atom. The summed E-state index contributed by atoms with van der Waals surface area (Å²) in [7, 11) is 0. The molecule has 0 atom stereocenters. The molecule has 0 spiro atoms. The maximum Gasteiger partial charge on any atom is 0.227 e. The van der Waals surface area contributed by atoms with Gasteiger partial charge < -0.3 is 11.1 Å². The van der Waals surface area contributed by atoms with Gasteiger partial charge in [-0.2, -0.15) is 5.26 Å².